The average molecular weight is 485 g/mol. The molecule has 0 bridgehead atoms. The molecule has 1 aliphatic rings. The molecule has 1 aliphatic carbocycles. The monoisotopic (exact) mass is 484 g/mol. The van der Waals surface area contributed by atoms with Crippen LogP contribution >= 0.6 is 0 Å². The minimum atomic E-state index is -0.419. The standard InChI is InChI=1S/C29H56O5/c1-13-24-17-22(5)25(18-24)19-33-27(7,8)15-16-32-29(11,12)28(9,10)26(34-21(3)4)20-31-23(6)30-14-2/h13,21-26H,1,14-20H2,2-12H3. The highest BCUT2D eigenvalue weighted by Crippen LogP contribution is 2.40. The summed E-state index contributed by atoms with van der Waals surface area (Å²) in [7, 11) is 0. The fraction of sp³-hybridized carbons (Fsp3) is 0.931. The minimum Gasteiger partial charge on any atom is -0.375 e. The van der Waals surface area contributed by atoms with Crippen molar-refractivity contribution in [3.05, 3.63) is 12.7 Å². The third-order valence-electron chi connectivity index (χ3n) is 7.95. The van der Waals surface area contributed by atoms with Crippen LogP contribution in [0, 0.1) is 23.2 Å². The van der Waals surface area contributed by atoms with Crippen LogP contribution in [0.3, 0.4) is 0 Å². The molecule has 1 saturated carbocycles. The van der Waals surface area contributed by atoms with Gasteiger partial charge in [-0.3, -0.25) is 0 Å². The molecule has 202 valence electrons. The molecule has 1 rings (SSSR count). The highest BCUT2D eigenvalue weighted by atomic mass is 16.7. The van der Waals surface area contributed by atoms with E-state index in [9.17, 15) is 0 Å². The topological polar surface area (TPSA) is 46.2 Å². The van der Waals surface area contributed by atoms with E-state index < -0.39 is 5.60 Å². The third-order valence-corrected chi connectivity index (χ3v) is 7.95. The lowest BCUT2D eigenvalue weighted by atomic mass is 9.72. The summed E-state index contributed by atoms with van der Waals surface area (Å²) in [6.45, 7) is 29.9. The summed E-state index contributed by atoms with van der Waals surface area (Å²) in [6.07, 6.45) is 5.08. The van der Waals surface area contributed by atoms with Gasteiger partial charge in [0.05, 0.1) is 43.2 Å². The summed E-state index contributed by atoms with van der Waals surface area (Å²) in [6, 6.07) is 0. The molecule has 5 heteroatoms. The molecule has 0 saturated heterocycles. The zero-order valence-corrected chi connectivity index (χ0v) is 24.2. The Kier molecular flexibility index (Phi) is 12.8. The van der Waals surface area contributed by atoms with Gasteiger partial charge in [-0.1, -0.05) is 26.8 Å². The van der Waals surface area contributed by atoms with E-state index in [-0.39, 0.29) is 29.5 Å². The normalized spacial score (nSPS) is 23.9. The molecule has 1 fully saturated rings. The molecule has 0 heterocycles. The molecule has 0 N–H and O–H groups in total. The molecule has 0 amide bonds. The summed E-state index contributed by atoms with van der Waals surface area (Å²) < 4.78 is 30.7. The van der Waals surface area contributed by atoms with Crippen molar-refractivity contribution in [2.75, 3.05) is 26.4 Å². The number of hydrogen-bond acceptors (Lipinski definition) is 5. The van der Waals surface area contributed by atoms with Crippen LogP contribution in [-0.4, -0.2) is 56.1 Å². The molecule has 34 heavy (non-hydrogen) atoms. The average Bonchev–Trinajstić information content (AvgIpc) is 3.09. The van der Waals surface area contributed by atoms with Gasteiger partial charge >= 0.3 is 0 Å². The molecule has 5 unspecified atom stereocenters. The van der Waals surface area contributed by atoms with Crippen LogP contribution in [0.1, 0.15) is 95.4 Å². The van der Waals surface area contributed by atoms with E-state index in [0.717, 1.165) is 13.0 Å². The van der Waals surface area contributed by atoms with Crippen LogP contribution in [-0.2, 0) is 23.7 Å². The van der Waals surface area contributed by atoms with Crippen molar-refractivity contribution >= 4 is 0 Å². The van der Waals surface area contributed by atoms with Crippen molar-refractivity contribution < 1.29 is 23.7 Å². The molecule has 0 aromatic heterocycles. The maximum absolute atomic E-state index is 6.51. The number of hydrogen-bond donors (Lipinski definition) is 0. The van der Waals surface area contributed by atoms with Gasteiger partial charge in [-0.25, -0.2) is 0 Å². The zero-order valence-electron chi connectivity index (χ0n) is 24.2. The van der Waals surface area contributed by atoms with E-state index in [1.54, 1.807) is 0 Å². The number of ether oxygens (including phenoxy) is 5. The maximum Gasteiger partial charge on any atom is 0.154 e. The van der Waals surface area contributed by atoms with Crippen LogP contribution in [0.2, 0.25) is 0 Å². The van der Waals surface area contributed by atoms with Crippen molar-refractivity contribution in [1.29, 1.82) is 0 Å². The van der Waals surface area contributed by atoms with Crippen molar-refractivity contribution in [2.24, 2.45) is 23.2 Å². The van der Waals surface area contributed by atoms with Gasteiger partial charge in [0.15, 0.2) is 6.29 Å². The van der Waals surface area contributed by atoms with Gasteiger partial charge in [0, 0.05) is 12.0 Å². The lowest BCUT2D eigenvalue weighted by Gasteiger charge is -2.47. The first-order valence-corrected chi connectivity index (χ1v) is 13.4. The number of rotatable bonds is 17. The summed E-state index contributed by atoms with van der Waals surface area (Å²) >= 11 is 0. The first-order chi connectivity index (χ1) is 15.6. The molecule has 0 aromatic rings. The van der Waals surface area contributed by atoms with E-state index in [1.807, 2.05) is 13.8 Å². The second-order valence-corrected chi connectivity index (χ2v) is 12.1. The Labute approximate surface area is 211 Å². The van der Waals surface area contributed by atoms with Gasteiger partial charge in [0.1, 0.15) is 0 Å². The Hall–Kier alpha value is -0.460. The fourth-order valence-corrected chi connectivity index (χ4v) is 4.59. The molecule has 0 spiro atoms. The van der Waals surface area contributed by atoms with Gasteiger partial charge in [0.2, 0.25) is 0 Å². The van der Waals surface area contributed by atoms with Gasteiger partial charge in [-0.15, -0.1) is 6.58 Å². The first-order valence-electron chi connectivity index (χ1n) is 13.4. The summed E-state index contributed by atoms with van der Waals surface area (Å²) in [4.78, 5) is 0. The molecular weight excluding hydrogens is 428 g/mol. The molecule has 0 radical (unpaired) electrons. The fourth-order valence-electron chi connectivity index (χ4n) is 4.59. The molecule has 5 nitrogen and oxygen atoms in total. The zero-order chi connectivity index (χ0) is 26.2. The van der Waals surface area contributed by atoms with Crippen molar-refractivity contribution in [3.8, 4) is 0 Å². The largest absolute Gasteiger partial charge is 0.375 e. The minimum absolute atomic E-state index is 0.0945. The number of allylic oxidation sites excluding steroid dienone is 1. The summed E-state index contributed by atoms with van der Waals surface area (Å²) in [5.74, 6) is 1.95. The van der Waals surface area contributed by atoms with E-state index in [0.29, 0.717) is 37.6 Å². The Morgan fingerprint density at radius 3 is 2.15 bits per heavy atom. The smallest absolute Gasteiger partial charge is 0.154 e. The quantitative estimate of drug-likeness (QED) is 0.164. The van der Waals surface area contributed by atoms with Crippen LogP contribution in [0.15, 0.2) is 12.7 Å². The van der Waals surface area contributed by atoms with Crippen molar-refractivity contribution in [2.45, 2.75) is 125 Å². The Balaban J connectivity index is 2.65. The van der Waals surface area contributed by atoms with E-state index in [1.165, 1.54) is 12.8 Å². The molecule has 5 atom stereocenters. The molecule has 0 aliphatic heterocycles. The van der Waals surface area contributed by atoms with Gasteiger partial charge in [-0.05, 0) is 92.4 Å². The lowest BCUT2D eigenvalue weighted by Crippen LogP contribution is -2.53. The maximum atomic E-state index is 6.51. The predicted molar refractivity (Wildman–Crippen MR) is 141 cm³/mol. The molecule has 0 aromatic carbocycles. The second kappa shape index (κ2) is 13.7. The Morgan fingerprint density at radius 1 is 0.971 bits per heavy atom. The Morgan fingerprint density at radius 2 is 1.62 bits per heavy atom. The van der Waals surface area contributed by atoms with E-state index in [2.05, 4.69) is 75.0 Å². The van der Waals surface area contributed by atoms with Gasteiger partial charge in [-0.2, -0.15) is 0 Å². The lowest BCUT2D eigenvalue weighted by molar-refractivity contribution is -0.212. The third kappa shape index (κ3) is 9.89. The second-order valence-electron chi connectivity index (χ2n) is 12.1. The first kappa shape index (κ1) is 31.6. The van der Waals surface area contributed by atoms with Gasteiger partial charge in [0.25, 0.3) is 0 Å². The summed E-state index contributed by atoms with van der Waals surface area (Å²) in [5, 5.41) is 0. The van der Waals surface area contributed by atoms with E-state index in [4.69, 9.17) is 23.7 Å². The predicted octanol–water partition coefficient (Wildman–Crippen LogP) is 7.03. The SMILES string of the molecule is C=CC1CC(C)C(COC(C)(C)CCOC(C)(C)C(C)(C)C(COC(C)OCC)OC(C)C)C1. The van der Waals surface area contributed by atoms with Crippen LogP contribution in [0.4, 0.5) is 0 Å². The molecular formula is C29H56O5. The van der Waals surface area contributed by atoms with Crippen molar-refractivity contribution in [3.63, 3.8) is 0 Å². The highest BCUT2D eigenvalue weighted by Gasteiger charge is 2.46. The van der Waals surface area contributed by atoms with E-state index >= 15 is 0 Å². The Bertz CT molecular complexity index is 583. The van der Waals surface area contributed by atoms with Gasteiger partial charge < -0.3 is 23.7 Å². The van der Waals surface area contributed by atoms with Crippen LogP contribution < -0.4 is 0 Å². The highest BCUT2D eigenvalue weighted by molar-refractivity contribution is 4.95. The van der Waals surface area contributed by atoms with Crippen LogP contribution in [0.25, 0.3) is 0 Å². The summed E-state index contributed by atoms with van der Waals surface area (Å²) in [5.41, 5.74) is -0.929. The van der Waals surface area contributed by atoms with Crippen LogP contribution in [0.5, 0.6) is 0 Å². The van der Waals surface area contributed by atoms with Crippen molar-refractivity contribution in [1.82, 2.24) is 0 Å².